The van der Waals surface area contributed by atoms with Gasteiger partial charge >= 0.3 is 11.9 Å². The third-order valence-corrected chi connectivity index (χ3v) is 7.06. The average molecular weight is 536 g/mol. The van der Waals surface area contributed by atoms with Gasteiger partial charge in [0.2, 0.25) is 18.1 Å². The summed E-state index contributed by atoms with van der Waals surface area (Å²) in [6, 6.07) is 15.3. The minimum absolute atomic E-state index is 0.0170. The molecule has 2 heterocycles. The fourth-order valence-corrected chi connectivity index (χ4v) is 5.16. The lowest BCUT2D eigenvalue weighted by molar-refractivity contribution is -0.178. The number of carbonyl (C=O) groups is 5. The van der Waals surface area contributed by atoms with E-state index in [4.69, 9.17) is 9.47 Å². The SMILES string of the molecule is CC(=O)O[C@@H](C(=O)NCCN1CCC(c2ccccc2C)C1=O)[C@@H](OC(C)=O)C(=O)N1Cc2ccccc2C1. The molecule has 0 saturated carbocycles. The van der Waals surface area contributed by atoms with Gasteiger partial charge in [-0.3, -0.25) is 24.0 Å². The summed E-state index contributed by atoms with van der Waals surface area (Å²) in [6.07, 6.45) is -2.66. The van der Waals surface area contributed by atoms with Crippen LogP contribution in [0.1, 0.15) is 48.4 Å². The number of rotatable bonds is 9. The second kappa shape index (κ2) is 12.1. The lowest BCUT2D eigenvalue weighted by atomic mass is 9.94. The maximum absolute atomic E-state index is 13.4. The van der Waals surface area contributed by atoms with Crippen molar-refractivity contribution in [2.75, 3.05) is 19.6 Å². The van der Waals surface area contributed by atoms with Crippen LogP contribution in [0.5, 0.6) is 0 Å². The smallest absolute Gasteiger partial charge is 0.303 e. The molecule has 4 rings (SSSR count). The summed E-state index contributed by atoms with van der Waals surface area (Å²) in [5, 5.41) is 2.65. The van der Waals surface area contributed by atoms with Crippen molar-refractivity contribution in [2.45, 2.75) is 58.4 Å². The molecule has 1 unspecified atom stereocenters. The molecule has 206 valence electrons. The Morgan fingerprint density at radius 3 is 2.13 bits per heavy atom. The van der Waals surface area contributed by atoms with Crippen LogP contribution in [-0.2, 0) is 46.5 Å². The fraction of sp³-hybridized carbons (Fsp3) is 0.414. The molecule has 2 aliphatic rings. The predicted molar refractivity (Wildman–Crippen MR) is 140 cm³/mol. The van der Waals surface area contributed by atoms with Crippen LogP contribution in [-0.4, -0.2) is 71.3 Å². The van der Waals surface area contributed by atoms with Gasteiger partial charge in [-0.15, -0.1) is 0 Å². The summed E-state index contributed by atoms with van der Waals surface area (Å²) in [7, 11) is 0. The van der Waals surface area contributed by atoms with Crippen LogP contribution in [0.15, 0.2) is 48.5 Å². The third-order valence-electron chi connectivity index (χ3n) is 7.06. The molecule has 1 saturated heterocycles. The van der Waals surface area contributed by atoms with Crippen LogP contribution in [0.2, 0.25) is 0 Å². The zero-order valence-corrected chi connectivity index (χ0v) is 22.3. The highest BCUT2D eigenvalue weighted by atomic mass is 16.6. The Morgan fingerprint density at radius 2 is 1.51 bits per heavy atom. The first kappa shape index (κ1) is 27.8. The Bertz CT molecular complexity index is 1250. The summed E-state index contributed by atoms with van der Waals surface area (Å²) in [5.41, 5.74) is 3.94. The highest BCUT2D eigenvalue weighted by Crippen LogP contribution is 2.30. The molecule has 10 nitrogen and oxygen atoms in total. The number of aryl methyl sites for hydroxylation is 1. The number of hydrogen-bond acceptors (Lipinski definition) is 7. The fourth-order valence-electron chi connectivity index (χ4n) is 5.16. The van der Waals surface area contributed by atoms with Crippen molar-refractivity contribution >= 4 is 29.7 Å². The van der Waals surface area contributed by atoms with Gasteiger partial charge in [-0.25, -0.2) is 0 Å². The van der Waals surface area contributed by atoms with Gasteiger partial charge in [0, 0.05) is 46.6 Å². The molecule has 1 fully saturated rings. The van der Waals surface area contributed by atoms with E-state index in [1.54, 1.807) is 4.90 Å². The number of ether oxygens (including phenoxy) is 2. The average Bonchev–Trinajstić information content (AvgIpc) is 3.49. The van der Waals surface area contributed by atoms with Gasteiger partial charge in [0.15, 0.2) is 0 Å². The molecular formula is C29H33N3O7. The van der Waals surface area contributed by atoms with E-state index in [-0.39, 0.29) is 38.0 Å². The minimum Gasteiger partial charge on any atom is -0.448 e. The normalized spacial score (nSPS) is 17.8. The number of nitrogens with zero attached hydrogens (tertiary/aromatic N) is 2. The Morgan fingerprint density at radius 1 is 0.923 bits per heavy atom. The van der Waals surface area contributed by atoms with Crippen LogP contribution in [0.25, 0.3) is 0 Å². The van der Waals surface area contributed by atoms with Gasteiger partial charge in [0.25, 0.3) is 11.8 Å². The Kier molecular flexibility index (Phi) is 8.63. The molecule has 2 aromatic rings. The van der Waals surface area contributed by atoms with Crippen molar-refractivity contribution in [1.29, 1.82) is 0 Å². The largest absolute Gasteiger partial charge is 0.448 e. The van der Waals surface area contributed by atoms with Gasteiger partial charge < -0.3 is 24.6 Å². The van der Waals surface area contributed by atoms with Crippen molar-refractivity contribution in [2.24, 2.45) is 0 Å². The number of fused-ring (bicyclic) bond motifs is 1. The highest BCUT2D eigenvalue weighted by Gasteiger charge is 2.42. The van der Waals surface area contributed by atoms with Crippen molar-refractivity contribution < 1.29 is 33.4 Å². The number of esters is 2. The molecule has 1 N–H and O–H groups in total. The maximum atomic E-state index is 13.4. The van der Waals surface area contributed by atoms with Gasteiger partial charge in [-0.2, -0.15) is 0 Å². The first-order valence-corrected chi connectivity index (χ1v) is 13.0. The zero-order chi connectivity index (χ0) is 28.1. The summed E-state index contributed by atoms with van der Waals surface area (Å²) >= 11 is 0. The second-order valence-corrected chi connectivity index (χ2v) is 9.84. The summed E-state index contributed by atoms with van der Waals surface area (Å²) < 4.78 is 10.5. The highest BCUT2D eigenvalue weighted by molar-refractivity contribution is 5.94. The standard InChI is InChI=1S/C29H33N3O7/c1-18-8-4-7-11-23(18)24-12-14-31(28(24)36)15-13-30-27(35)25(38-19(2)33)26(39-20(3)34)29(37)32-16-21-9-5-6-10-22(21)17-32/h4-11,24-26H,12-17H2,1-3H3,(H,30,35)/t24?,25-,26-/m1/s1. The van der Waals surface area contributed by atoms with Crippen LogP contribution < -0.4 is 5.32 Å². The number of carbonyl (C=O) groups excluding carboxylic acids is 5. The Balaban J connectivity index is 1.41. The monoisotopic (exact) mass is 535 g/mol. The zero-order valence-electron chi connectivity index (χ0n) is 22.3. The van der Waals surface area contributed by atoms with Crippen molar-refractivity contribution in [1.82, 2.24) is 15.1 Å². The van der Waals surface area contributed by atoms with Crippen molar-refractivity contribution in [3.8, 4) is 0 Å². The van der Waals surface area contributed by atoms with E-state index < -0.39 is 36.0 Å². The molecule has 3 amide bonds. The second-order valence-electron chi connectivity index (χ2n) is 9.84. The van der Waals surface area contributed by atoms with E-state index in [0.717, 1.165) is 36.1 Å². The van der Waals surface area contributed by atoms with Gasteiger partial charge in [-0.1, -0.05) is 48.5 Å². The van der Waals surface area contributed by atoms with Crippen LogP contribution in [0.3, 0.4) is 0 Å². The lowest BCUT2D eigenvalue weighted by Gasteiger charge is -2.28. The Hall–Kier alpha value is -4.21. The molecule has 2 aromatic carbocycles. The summed E-state index contributed by atoms with van der Waals surface area (Å²) in [4.78, 5) is 66.5. The molecule has 0 spiro atoms. The van der Waals surface area contributed by atoms with Crippen LogP contribution in [0, 0.1) is 6.92 Å². The van der Waals surface area contributed by atoms with E-state index in [9.17, 15) is 24.0 Å². The number of benzene rings is 2. The molecule has 2 aliphatic heterocycles. The first-order valence-electron chi connectivity index (χ1n) is 13.0. The van der Waals surface area contributed by atoms with E-state index in [1.165, 1.54) is 4.90 Å². The van der Waals surface area contributed by atoms with Gasteiger partial charge in [0.05, 0.1) is 5.92 Å². The predicted octanol–water partition coefficient (Wildman–Crippen LogP) is 1.83. The molecule has 39 heavy (non-hydrogen) atoms. The van der Waals surface area contributed by atoms with Crippen LogP contribution >= 0.6 is 0 Å². The van der Waals surface area contributed by atoms with Crippen molar-refractivity contribution in [3.05, 3.63) is 70.8 Å². The molecule has 3 atom stereocenters. The molecule has 10 heteroatoms. The molecule has 0 aromatic heterocycles. The van der Waals surface area contributed by atoms with Crippen LogP contribution in [0.4, 0.5) is 0 Å². The van der Waals surface area contributed by atoms with Gasteiger partial charge in [-0.05, 0) is 35.6 Å². The quantitative estimate of drug-likeness (QED) is 0.486. The summed E-state index contributed by atoms with van der Waals surface area (Å²) in [6.45, 7) is 5.61. The molecular weight excluding hydrogens is 502 g/mol. The van der Waals surface area contributed by atoms with E-state index in [1.807, 2.05) is 55.5 Å². The lowest BCUT2D eigenvalue weighted by Crippen LogP contribution is -2.54. The number of amides is 3. The Labute approximate surface area is 227 Å². The molecule has 0 aliphatic carbocycles. The van der Waals surface area contributed by atoms with E-state index in [2.05, 4.69) is 5.32 Å². The minimum atomic E-state index is -1.68. The van der Waals surface area contributed by atoms with E-state index >= 15 is 0 Å². The molecule has 0 radical (unpaired) electrons. The van der Waals surface area contributed by atoms with E-state index in [0.29, 0.717) is 13.0 Å². The van der Waals surface area contributed by atoms with Gasteiger partial charge in [0.1, 0.15) is 0 Å². The maximum Gasteiger partial charge on any atom is 0.303 e. The topological polar surface area (TPSA) is 122 Å². The number of likely N-dealkylation sites (tertiary alicyclic amines) is 1. The first-order chi connectivity index (χ1) is 18.7. The number of nitrogens with one attached hydrogen (secondary N) is 1. The molecule has 0 bridgehead atoms. The number of hydrogen-bond donors (Lipinski definition) is 1. The summed E-state index contributed by atoms with van der Waals surface area (Å²) in [5.74, 6) is -3.27. The van der Waals surface area contributed by atoms with Crippen molar-refractivity contribution in [3.63, 3.8) is 0 Å². The third kappa shape index (κ3) is 6.45.